The molecule has 0 atom stereocenters. The number of ketones is 2. The van der Waals surface area contributed by atoms with E-state index in [4.69, 9.17) is 0 Å². The summed E-state index contributed by atoms with van der Waals surface area (Å²) < 4.78 is 0. The van der Waals surface area contributed by atoms with Crippen LogP contribution in [0.2, 0.25) is 0 Å². The summed E-state index contributed by atoms with van der Waals surface area (Å²) in [5, 5.41) is 9.54. The Hall–Kier alpha value is -3.51. The molecule has 24 heavy (non-hydrogen) atoms. The first-order chi connectivity index (χ1) is 11.7. The minimum Gasteiger partial charge on any atom is -0.289 e. The average molecular weight is 311 g/mol. The van der Waals surface area contributed by atoms with Crippen LogP contribution >= 0.6 is 0 Å². The largest absolute Gasteiger partial charge is 0.289 e. The molecule has 0 N–H and O–H groups in total. The van der Waals surface area contributed by atoms with Crippen molar-refractivity contribution in [1.29, 1.82) is 5.26 Å². The molecule has 3 nitrogen and oxygen atoms in total. The van der Waals surface area contributed by atoms with Crippen molar-refractivity contribution < 1.29 is 9.59 Å². The SMILES string of the molecule is N#Cc1c(C(=O)c2ccccc2)cccc1C(=O)c1ccccc1. The molecule has 114 valence electrons. The predicted molar refractivity (Wildman–Crippen MR) is 90.9 cm³/mol. The quantitative estimate of drug-likeness (QED) is 0.684. The van der Waals surface area contributed by atoms with Gasteiger partial charge in [-0.05, 0) is 12.1 Å². The molecule has 3 aromatic carbocycles. The summed E-state index contributed by atoms with van der Waals surface area (Å²) in [5.41, 5.74) is 1.56. The van der Waals surface area contributed by atoms with Crippen LogP contribution in [0.1, 0.15) is 37.4 Å². The summed E-state index contributed by atoms with van der Waals surface area (Å²) in [7, 11) is 0. The number of hydrogen-bond donors (Lipinski definition) is 0. The van der Waals surface area contributed by atoms with E-state index in [9.17, 15) is 14.9 Å². The van der Waals surface area contributed by atoms with Gasteiger partial charge in [-0.3, -0.25) is 9.59 Å². The highest BCUT2D eigenvalue weighted by Crippen LogP contribution is 2.21. The van der Waals surface area contributed by atoms with Crippen molar-refractivity contribution in [2.24, 2.45) is 0 Å². The first-order valence-electron chi connectivity index (χ1n) is 7.45. The van der Waals surface area contributed by atoms with Crippen LogP contribution in [0.25, 0.3) is 0 Å². The number of benzene rings is 3. The number of nitriles is 1. The lowest BCUT2D eigenvalue weighted by molar-refractivity contribution is 0.103. The van der Waals surface area contributed by atoms with Crippen LogP contribution in [-0.2, 0) is 0 Å². The maximum absolute atomic E-state index is 12.7. The van der Waals surface area contributed by atoms with E-state index < -0.39 is 0 Å². The third-order valence-electron chi connectivity index (χ3n) is 3.74. The van der Waals surface area contributed by atoms with Crippen LogP contribution in [0, 0.1) is 11.3 Å². The van der Waals surface area contributed by atoms with Gasteiger partial charge in [-0.15, -0.1) is 0 Å². The van der Waals surface area contributed by atoms with Gasteiger partial charge in [0.2, 0.25) is 0 Å². The Bertz CT molecular complexity index is 869. The molecular weight excluding hydrogens is 298 g/mol. The lowest BCUT2D eigenvalue weighted by Gasteiger charge is -2.08. The van der Waals surface area contributed by atoms with Crippen molar-refractivity contribution in [2.75, 3.05) is 0 Å². The van der Waals surface area contributed by atoms with Gasteiger partial charge in [0.15, 0.2) is 11.6 Å². The van der Waals surface area contributed by atoms with Crippen molar-refractivity contribution in [2.45, 2.75) is 0 Å². The molecule has 0 heterocycles. The topological polar surface area (TPSA) is 57.9 Å². The van der Waals surface area contributed by atoms with E-state index in [0.29, 0.717) is 11.1 Å². The van der Waals surface area contributed by atoms with Gasteiger partial charge in [0.25, 0.3) is 0 Å². The molecule has 0 saturated carbocycles. The first kappa shape index (κ1) is 15.4. The number of rotatable bonds is 4. The summed E-state index contributed by atoms with van der Waals surface area (Å²) in [5.74, 6) is -0.537. The zero-order valence-corrected chi connectivity index (χ0v) is 12.8. The maximum atomic E-state index is 12.7. The molecule has 0 bridgehead atoms. The molecule has 0 aromatic heterocycles. The lowest BCUT2D eigenvalue weighted by atomic mass is 9.92. The van der Waals surface area contributed by atoms with E-state index in [2.05, 4.69) is 0 Å². The van der Waals surface area contributed by atoms with Crippen LogP contribution in [0.5, 0.6) is 0 Å². The summed E-state index contributed by atoms with van der Waals surface area (Å²) in [6.45, 7) is 0. The highest BCUT2D eigenvalue weighted by molar-refractivity contribution is 6.15. The van der Waals surface area contributed by atoms with Crippen molar-refractivity contribution in [3.05, 3.63) is 107 Å². The summed E-state index contributed by atoms with van der Waals surface area (Å²) in [6, 6.07) is 24.3. The van der Waals surface area contributed by atoms with Gasteiger partial charge >= 0.3 is 0 Å². The van der Waals surface area contributed by atoms with Crippen LogP contribution in [0.3, 0.4) is 0 Å². The average Bonchev–Trinajstić information content (AvgIpc) is 2.67. The Labute approximate surface area is 139 Å². The highest BCUT2D eigenvalue weighted by Gasteiger charge is 2.20. The van der Waals surface area contributed by atoms with Crippen LogP contribution in [0.4, 0.5) is 0 Å². The Morgan fingerprint density at radius 2 is 1.04 bits per heavy atom. The Morgan fingerprint density at radius 3 is 1.42 bits per heavy atom. The second-order valence-electron chi connectivity index (χ2n) is 5.23. The number of hydrogen-bond acceptors (Lipinski definition) is 3. The second kappa shape index (κ2) is 6.72. The molecule has 0 aliphatic heterocycles. The van der Waals surface area contributed by atoms with Crippen molar-refractivity contribution in [3.63, 3.8) is 0 Å². The third kappa shape index (κ3) is 2.86. The number of carbonyl (C=O) groups is 2. The van der Waals surface area contributed by atoms with Crippen LogP contribution in [0.15, 0.2) is 78.9 Å². The minimum atomic E-state index is -0.269. The molecule has 0 fully saturated rings. The van der Waals surface area contributed by atoms with E-state index >= 15 is 0 Å². The fraction of sp³-hybridized carbons (Fsp3) is 0. The number of nitrogens with zero attached hydrogens (tertiary/aromatic N) is 1. The van der Waals surface area contributed by atoms with Gasteiger partial charge in [-0.25, -0.2) is 0 Å². The van der Waals surface area contributed by atoms with Gasteiger partial charge in [0.1, 0.15) is 6.07 Å². The van der Waals surface area contributed by atoms with E-state index in [1.807, 2.05) is 18.2 Å². The molecular formula is C21H13NO2. The molecule has 0 aliphatic carbocycles. The number of carbonyl (C=O) groups excluding carboxylic acids is 2. The maximum Gasteiger partial charge on any atom is 0.194 e. The highest BCUT2D eigenvalue weighted by atomic mass is 16.1. The van der Waals surface area contributed by atoms with Crippen LogP contribution < -0.4 is 0 Å². The molecule has 0 unspecified atom stereocenters. The zero-order valence-electron chi connectivity index (χ0n) is 12.8. The summed E-state index contributed by atoms with van der Waals surface area (Å²) in [4.78, 5) is 25.3. The Morgan fingerprint density at radius 1 is 0.625 bits per heavy atom. The second-order valence-corrected chi connectivity index (χ2v) is 5.23. The van der Waals surface area contributed by atoms with Gasteiger partial charge in [0, 0.05) is 22.3 Å². The Kier molecular flexibility index (Phi) is 4.31. The molecule has 0 aliphatic rings. The fourth-order valence-electron chi connectivity index (χ4n) is 2.54. The minimum absolute atomic E-state index is 0.111. The molecule has 0 spiro atoms. The molecule has 3 rings (SSSR count). The van der Waals surface area contributed by atoms with E-state index in [1.165, 1.54) is 0 Å². The van der Waals surface area contributed by atoms with Crippen molar-refractivity contribution >= 4 is 11.6 Å². The van der Waals surface area contributed by atoms with Crippen LogP contribution in [-0.4, -0.2) is 11.6 Å². The van der Waals surface area contributed by atoms with E-state index in [-0.39, 0.29) is 28.3 Å². The Balaban J connectivity index is 2.10. The standard InChI is InChI=1S/C21H13NO2/c22-14-19-17(20(23)15-8-3-1-4-9-15)12-7-13-18(19)21(24)16-10-5-2-6-11-16/h1-13H. The smallest absolute Gasteiger partial charge is 0.194 e. The fourth-order valence-corrected chi connectivity index (χ4v) is 2.54. The van der Waals surface area contributed by atoms with Crippen molar-refractivity contribution in [1.82, 2.24) is 0 Å². The third-order valence-corrected chi connectivity index (χ3v) is 3.74. The van der Waals surface area contributed by atoms with Gasteiger partial charge in [-0.2, -0.15) is 5.26 Å². The molecule has 0 saturated heterocycles. The summed E-state index contributed by atoms with van der Waals surface area (Å²) >= 11 is 0. The predicted octanol–water partition coefficient (Wildman–Crippen LogP) is 4.02. The molecule has 3 aromatic rings. The van der Waals surface area contributed by atoms with E-state index in [1.54, 1.807) is 66.7 Å². The molecule has 0 radical (unpaired) electrons. The lowest BCUT2D eigenvalue weighted by Crippen LogP contribution is -2.10. The molecule has 0 amide bonds. The summed E-state index contributed by atoms with van der Waals surface area (Å²) in [6.07, 6.45) is 0. The van der Waals surface area contributed by atoms with E-state index in [0.717, 1.165) is 0 Å². The van der Waals surface area contributed by atoms with Gasteiger partial charge < -0.3 is 0 Å². The van der Waals surface area contributed by atoms with Crippen molar-refractivity contribution in [3.8, 4) is 6.07 Å². The monoisotopic (exact) mass is 311 g/mol. The first-order valence-corrected chi connectivity index (χ1v) is 7.45. The normalized spacial score (nSPS) is 9.96. The van der Waals surface area contributed by atoms with Gasteiger partial charge in [0.05, 0.1) is 5.56 Å². The molecule has 3 heteroatoms. The zero-order chi connectivity index (χ0) is 16.9. The van der Waals surface area contributed by atoms with Gasteiger partial charge in [-0.1, -0.05) is 66.7 Å².